The summed E-state index contributed by atoms with van der Waals surface area (Å²) in [6.07, 6.45) is 2.45. The van der Waals surface area contributed by atoms with Crippen LogP contribution in [0.4, 0.5) is 0 Å². The molecule has 242 valence electrons. The maximum Gasteiger partial charge on any atom is 0.335 e. The zero-order valence-electron chi connectivity index (χ0n) is 26.1. The van der Waals surface area contributed by atoms with Crippen molar-refractivity contribution in [2.75, 3.05) is 52.6 Å². The van der Waals surface area contributed by atoms with Gasteiger partial charge in [0.2, 0.25) is 0 Å². The van der Waals surface area contributed by atoms with Crippen molar-refractivity contribution in [3.8, 4) is 22.6 Å². The fourth-order valence-corrected chi connectivity index (χ4v) is 6.87. The van der Waals surface area contributed by atoms with Gasteiger partial charge in [-0.3, -0.25) is 14.6 Å². The van der Waals surface area contributed by atoms with E-state index >= 15 is 0 Å². The summed E-state index contributed by atoms with van der Waals surface area (Å²) in [7, 11) is 0. The quantitative estimate of drug-likeness (QED) is 0.0985. The molecule has 8 nitrogen and oxygen atoms in total. The molecule has 1 amide bonds. The third kappa shape index (κ3) is 8.20. The van der Waals surface area contributed by atoms with E-state index in [1.165, 1.54) is 40.2 Å². The minimum atomic E-state index is -0.985. The van der Waals surface area contributed by atoms with Crippen molar-refractivity contribution in [2.24, 2.45) is 0 Å². The Labute approximate surface area is 283 Å². The lowest BCUT2D eigenvalue weighted by atomic mass is 9.98. The Kier molecular flexibility index (Phi) is 10.5. The molecule has 2 aliphatic rings. The number of benzene rings is 4. The molecule has 0 bridgehead atoms. The van der Waals surface area contributed by atoms with Gasteiger partial charge in [-0.15, -0.1) is 0 Å². The van der Waals surface area contributed by atoms with Gasteiger partial charge in [0.05, 0.1) is 30.3 Å². The number of hydrogen-bond donors (Lipinski definition) is 1. The Hall–Kier alpha value is -4.22. The summed E-state index contributed by atoms with van der Waals surface area (Å²) in [5, 5.41) is 11.4. The SMILES string of the molecule is Cc1ccc2cc(-c3ccc(OCCN4CCOCC4)c(/C=C4\SC(=S)N(CCCOc5ccc(C(=O)O)cc5)C4=O)c3)ccc2c1. The molecule has 0 aromatic heterocycles. The van der Waals surface area contributed by atoms with Crippen LogP contribution in [-0.4, -0.2) is 83.7 Å². The first-order chi connectivity index (χ1) is 22.8. The number of carbonyl (C=O) groups excluding carboxylic acids is 1. The monoisotopic (exact) mass is 668 g/mol. The van der Waals surface area contributed by atoms with Gasteiger partial charge in [0, 0.05) is 31.7 Å². The molecule has 2 aliphatic heterocycles. The maximum atomic E-state index is 13.5. The van der Waals surface area contributed by atoms with Crippen molar-refractivity contribution in [2.45, 2.75) is 13.3 Å². The van der Waals surface area contributed by atoms with E-state index in [2.05, 4.69) is 60.4 Å². The molecule has 10 heteroatoms. The molecule has 0 unspecified atom stereocenters. The van der Waals surface area contributed by atoms with Crippen LogP contribution in [0.15, 0.2) is 83.8 Å². The number of aromatic carboxylic acids is 1. The highest BCUT2D eigenvalue weighted by atomic mass is 32.2. The van der Waals surface area contributed by atoms with Crippen molar-refractivity contribution in [3.63, 3.8) is 0 Å². The van der Waals surface area contributed by atoms with Gasteiger partial charge < -0.3 is 19.3 Å². The number of carbonyl (C=O) groups is 2. The molecular formula is C37H36N2O6S2. The third-order valence-corrected chi connectivity index (χ3v) is 9.54. The van der Waals surface area contributed by atoms with E-state index in [0.29, 0.717) is 46.9 Å². The van der Waals surface area contributed by atoms with E-state index < -0.39 is 5.97 Å². The highest BCUT2D eigenvalue weighted by Gasteiger charge is 2.32. The van der Waals surface area contributed by atoms with E-state index in [0.717, 1.165) is 49.5 Å². The lowest BCUT2D eigenvalue weighted by Crippen LogP contribution is -2.38. The van der Waals surface area contributed by atoms with Crippen molar-refractivity contribution in [3.05, 3.63) is 100 Å². The van der Waals surface area contributed by atoms with E-state index in [1.807, 2.05) is 12.1 Å². The molecule has 0 radical (unpaired) electrons. The molecule has 0 spiro atoms. The molecule has 6 rings (SSSR count). The highest BCUT2D eigenvalue weighted by Crippen LogP contribution is 2.36. The molecule has 2 heterocycles. The Morgan fingerprint density at radius 2 is 1.64 bits per heavy atom. The Balaban J connectivity index is 1.17. The molecule has 0 saturated carbocycles. The van der Waals surface area contributed by atoms with E-state index in [1.54, 1.807) is 17.0 Å². The van der Waals surface area contributed by atoms with Gasteiger partial charge in [-0.25, -0.2) is 4.79 Å². The molecule has 0 aliphatic carbocycles. The van der Waals surface area contributed by atoms with E-state index in [9.17, 15) is 9.59 Å². The fraction of sp³-hybridized carbons (Fsp3) is 0.270. The average Bonchev–Trinajstić information content (AvgIpc) is 3.35. The van der Waals surface area contributed by atoms with E-state index in [4.69, 9.17) is 31.5 Å². The first kappa shape index (κ1) is 32.7. The van der Waals surface area contributed by atoms with Crippen LogP contribution < -0.4 is 9.47 Å². The molecule has 2 saturated heterocycles. The van der Waals surface area contributed by atoms with Crippen molar-refractivity contribution in [1.82, 2.24) is 9.80 Å². The largest absolute Gasteiger partial charge is 0.494 e. The molecule has 0 atom stereocenters. The molecule has 2 fully saturated rings. The number of carboxylic acid groups (broad SMARTS) is 1. The van der Waals surface area contributed by atoms with Crippen molar-refractivity contribution < 1.29 is 28.9 Å². The number of fused-ring (bicyclic) bond motifs is 1. The molecule has 47 heavy (non-hydrogen) atoms. The van der Waals surface area contributed by atoms with Gasteiger partial charge in [-0.1, -0.05) is 65.9 Å². The zero-order valence-corrected chi connectivity index (χ0v) is 27.8. The Bertz CT molecular complexity index is 1820. The first-order valence-corrected chi connectivity index (χ1v) is 16.9. The van der Waals surface area contributed by atoms with Gasteiger partial charge in [0.25, 0.3) is 5.91 Å². The van der Waals surface area contributed by atoms with Crippen LogP contribution >= 0.6 is 24.0 Å². The predicted octanol–water partition coefficient (Wildman–Crippen LogP) is 6.89. The number of aryl methyl sites for hydroxylation is 1. The first-order valence-electron chi connectivity index (χ1n) is 15.6. The summed E-state index contributed by atoms with van der Waals surface area (Å²) in [6, 6.07) is 25.3. The van der Waals surface area contributed by atoms with Crippen LogP contribution in [0.1, 0.15) is 27.9 Å². The summed E-state index contributed by atoms with van der Waals surface area (Å²) in [5.74, 6) is 0.159. The smallest absolute Gasteiger partial charge is 0.335 e. The second-order valence-corrected chi connectivity index (χ2v) is 13.2. The fourth-order valence-electron chi connectivity index (χ4n) is 5.57. The number of thioether (sulfide) groups is 1. The number of morpholine rings is 1. The molecule has 1 N–H and O–H groups in total. The highest BCUT2D eigenvalue weighted by molar-refractivity contribution is 8.26. The number of nitrogens with zero attached hydrogens (tertiary/aromatic N) is 2. The number of thiocarbonyl (C=S) groups is 1. The lowest BCUT2D eigenvalue weighted by Gasteiger charge is -2.26. The van der Waals surface area contributed by atoms with Crippen LogP contribution in [-0.2, 0) is 9.53 Å². The topological polar surface area (TPSA) is 88.5 Å². The maximum absolute atomic E-state index is 13.5. The van der Waals surface area contributed by atoms with Crippen molar-refractivity contribution >= 4 is 57.0 Å². The third-order valence-electron chi connectivity index (χ3n) is 8.16. The van der Waals surface area contributed by atoms with Gasteiger partial charge in [-0.05, 0) is 83.8 Å². The van der Waals surface area contributed by atoms with E-state index in [-0.39, 0.29) is 11.5 Å². The average molecular weight is 669 g/mol. The molecular weight excluding hydrogens is 633 g/mol. The number of ether oxygens (including phenoxy) is 3. The lowest BCUT2D eigenvalue weighted by molar-refractivity contribution is -0.122. The van der Waals surface area contributed by atoms with Gasteiger partial charge >= 0.3 is 5.97 Å². The number of amides is 1. The number of carboxylic acids is 1. The minimum absolute atomic E-state index is 0.142. The van der Waals surface area contributed by atoms with Crippen LogP contribution in [0.3, 0.4) is 0 Å². The summed E-state index contributed by atoms with van der Waals surface area (Å²) in [5.41, 5.74) is 4.36. The Morgan fingerprint density at radius 3 is 2.43 bits per heavy atom. The van der Waals surface area contributed by atoms with Crippen LogP contribution in [0.5, 0.6) is 11.5 Å². The van der Waals surface area contributed by atoms with Gasteiger partial charge in [-0.2, -0.15) is 0 Å². The summed E-state index contributed by atoms with van der Waals surface area (Å²) in [6.45, 7) is 7.43. The van der Waals surface area contributed by atoms with Crippen LogP contribution in [0.2, 0.25) is 0 Å². The minimum Gasteiger partial charge on any atom is -0.494 e. The summed E-state index contributed by atoms with van der Waals surface area (Å²) < 4.78 is 18.0. The predicted molar refractivity (Wildman–Crippen MR) is 190 cm³/mol. The Morgan fingerprint density at radius 1 is 0.915 bits per heavy atom. The number of rotatable bonds is 12. The normalized spacial score (nSPS) is 16.3. The molecule has 4 aromatic rings. The summed E-state index contributed by atoms with van der Waals surface area (Å²) in [4.78, 5) is 29.1. The van der Waals surface area contributed by atoms with Crippen LogP contribution in [0.25, 0.3) is 28.0 Å². The number of hydrogen-bond acceptors (Lipinski definition) is 8. The van der Waals surface area contributed by atoms with Gasteiger partial charge in [0.15, 0.2) is 0 Å². The van der Waals surface area contributed by atoms with Gasteiger partial charge in [0.1, 0.15) is 22.4 Å². The van der Waals surface area contributed by atoms with Crippen LogP contribution in [0, 0.1) is 6.92 Å². The zero-order chi connectivity index (χ0) is 32.8. The second kappa shape index (κ2) is 15.1. The van der Waals surface area contributed by atoms with Crippen molar-refractivity contribution in [1.29, 1.82) is 0 Å². The second-order valence-electron chi connectivity index (χ2n) is 11.5. The molecule has 4 aromatic carbocycles. The summed E-state index contributed by atoms with van der Waals surface area (Å²) >= 11 is 6.90. The standard InChI is InChI=1S/C37H36N2O6S2/c1-25-3-4-28-22-29(6-5-27(28)21-25)30-9-12-33(45-20-16-38-14-18-43-19-15-38)31(23-30)24-34-35(40)39(37(46)47-34)13-2-17-44-32-10-7-26(8-11-32)36(41)42/h3-12,21-24H,2,13-20H2,1H3,(H,41,42)/b34-24-.